The van der Waals surface area contributed by atoms with Crippen molar-refractivity contribution >= 4 is 28.9 Å². The number of rotatable bonds is 5. The molecule has 0 saturated carbocycles. The molecule has 2 aromatic rings. The average Bonchev–Trinajstić information content (AvgIpc) is 2.47. The summed E-state index contributed by atoms with van der Waals surface area (Å²) in [6.45, 7) is 2.27. The lowest BCUT2D eigenvalue weighted by atomic mass is 10.1. The van der Waals surface area contributed by atoms with Crippen molar-refractivity contribution in [1.82, 2.24) is 0 Å². The standard InChI is InChI=1S/C16H17Cl2NO2/c1-10-3-6-16(21-2)12(7-10)15(20)9-19-14-8-11(17)4-5-13(14)18/h3-8,15,19-20H,9H2,1-2H3. The zero-order valence-corrected chi connectivity index (χ0v) is 13.4. The molecule has 112 valence electrons. The predicted molar refractivity (Wildman–Crippen MR) is 87.6 cm³/mol. The van der Waals surface area contributed by atoms with E-state index in [1.54, 1.807) is 25.3 Å². The molecule has 0 fully saturated rings. The minimum absolute atomic E-state index is 0.305. The van der Waals surface area contributed by atoms with Crippen LogP contribution in [0.4, 0.5) is 5.69 Å². The van der Waals surface area contributed by atoms with Gasteiger partial charge in [-0.15, -0.1) is 0 Å². The molecule has 0 aromatic heterocycles. The lowest BCUT2D eigenvalue weighted by Crippen LogP contribution is -2.13. The van der Waals surface area contributed by atoms with Crippen LogP contribution in [-0.4, -0.2) is 18.8 Å². The van der Waals surface area contributed by atoms with Crippen LogP contribution in [0.5, 0.6) is 5.75 Å². The molecule has 2 N–H and O–H groups in total. The van der Waals surface area contributed by atoms with Crippen molar-refractivity contribution in [3.63, 3.8) is 0 Å². The highest BCUT2D eigenvalue weighted by Crippen LogP contribution is 2.29. The van der Waals surface area contributed by atoms with Gasteiger partial charge in [0.1, 0.15) is 5.75 Å². The van der Waals surface area contributed by atoms with E-state index in [4.69, 9.17) is 27.9 Å². The van der Waals surface area contributed by atoms with E-state index in [2.05, 4.69) is 5.32 Å². The van der Waals surface area contributed by atoms with Gasteiger partial charge in [0, 0.05) is 17.1 Å². The molecule has 1 atom stereocenters. The summed E-state index contributed by atoms with van der Waals surface area (Å²) in [6.07, 6.45) is -0.713. The quantitative estimate of drug-likeness (QED) is 0.852. The lowest BCUT2D eigenvalue weighted by molar-refractivity contribution is 0.187. The average molecular weight is 326 g/mol. The summed E-state index contributed by atoms with van der Waals surface area (Å²) in [6, 6.07) is 10.9. The number of aryl methyl sites for hydroxylation is 1. The second-order valence-corrected chi connectivity index (χ2v) is 5.61. The molecular weight excluding hydrogens is 309 g/mol. The maximum Gasteiger partial charge on any atom is 0.124 e. The fourth-order valence-corrected chi connectivity index (χ4v) is 2.42. The Kier molecular flexibility index (Phi) is 5.34. The summed E-state index contributed by atoms with van der Waals surface area (Å²) < 4.78 is 5.28. The Morgan fingerprint density at radius 1 is 1.19 bits per heavy atom. The van der Waals surface area contributed by atoms with Crippen LogP contribution in [0.1, 0.15) is 17.2 Å². The molecule has 0 radical (unpaired) electrons. The summed E-state index contributed by atoms with van der Waals surface area (Å²) in [5, 5.41) is 14.6. The van der Waals surface area contributed by atoms with Gasteiger partial charge in [-0.2, -0.15) is 0 Å². The molecule has 1 unspecified atom stereocenters. The Hall–Kier alpha value is -1.42. The first kappa shape index (κ1) is 16.0. The predicted octanol–water partition coefficient (Wildman–Crippen LogP) is 4.46. The first-order chi connectivity index (χ1) is 10.0. The van der Waals surface area contributed by atoms with Crippen LogP contribution in [0.2, 0.25) is 10.0 Å². The number of aliphatic hydroxyl groups excluding tert-OH is 1. The molecular formula is C16H17Cl2NO2. The molecule has 0 aliphatic rings. The van der Waals surface area contributed by atoms with Crippen LogP contribution < -0.4 is 10.1 Å². The maximum atomic E-state index is 10.4. The van der Waals surface area contributed by atoms with E-state index in [-0.39, 0.29) is 0 Å². The molecule has 0 aliphatic heterocycles. The topological polar surface area (TPSA) is 41.5 Å². The van der Waals surface area contributed by atoms with Crippen LogP contribution in [0, 0.1) is 6.92 Å². The van der Waals surface area contributed by atoms with E-state index in [1.807, 2.05) is 25.1 Å². The fourth-order valence-electron chi connectivity index (χ4n) is 2.06. The summed E-state index contributed by atoms with van der Waals surface area (Å²) in [5.74, 6) is 0.659. The normalized spacial score (nSPS) is 12.0. The largest absolute Gasteiger partial charge is 0.496 e. The van der Waals surface area contributed by atoms with Crippen molar-refractivity contribution in [2.24, 2.45) is 0 Å². The number of hydrogen-bond donors (Lipinski definition) is 2. The molecule has 0 aliphatic carbocycles. The maximum absolute atomic E-state index is 10.4. The highest BCUT2D eigenvalue weighted by atomic mass is 35.5. The second kappa shape index (κ2) is 7.03. The van der Waals surface area contributed by atoms with Crippen molar-refractivity contribution in [2.45, 2.75) is 13.0 Å². The molecule has 2 rings (SSSR count). The minimum Gasteiger partial charge on any atom is -0.496 e. The molecule has 3 nitrogen and oxygen atoms in total. The summed E-state index contributed by atoms with van der Waals surface area (Å²) in [5.41, 5.74) is 2.49. The Labute approximate surface area is 134 Å². The number of anilines is 1. The Morgan fingerprint density at radius 3 is 2.67 bits per heavy atom. The van der Waals surface area contributed by atoms with Crippen molar-refractivity contribution in [1.29, 1.82) is 0 Å². The summed E-state index contributed by atoms with van der Waals surface area (Å²) >= 11 is 12.0. The van der Waals surface area contributed by atoms with Crippen molar-refractivity contribution in [3.05, 3.63) is 57.6 Å². The van der Waals surface area contributed by atoms with Gasteiger partial charge >= 0.3 is 0 Å². The van der Waals surface area contributed by atoms with Crippen molar-refractivity contribution in [2.75, 3.05) is 19.0 Å². The van der Waals surface area contributed by atoms with E-state index in [0.717, 1.165) is 11.1 Å². The first-order valence-electron chi connectivity index (χ1n) is 6.53. The number of hydrogen-bond acceptors (Lipinski definition) is 3. The molecule has 5 heteroatoms. The highest BCUT2D eigenvalue weighted by molar-refractivity contribution is 6.35. The van der Waals surface area contributed by atoms with E-state index >= 15 is 0 Å². The van der Waals surface area contributed by atoms with E-state index < -0.39 is 6.10 Å². The van der Waals surface area contributed by atoms with Gasteiger partial charge in [0.15, 0.2) is 0 Å². The third-order valence-corrected chi connectivity index (χ3v) is 3.72. The van der Waals surface area contributed by atoms with Gasteiger partial charge in [-0.05, 0) is 37.3 Å². The molecule has 2 aromatic carbocycles. The lowest BCUT2D eigenvalue weighted by Gasteiger charge is -2.17. The highest BCUT2D eigenvalue weighted by Gasteiger charge is 2.14. The number of nitrogens with one attached hydrogen (secondary N) is 1. The number of methoxy groups -OCH3 is 1. The molecule has 0 heterocycles. The van der Waals surface area contributed by atoms with Crippen LogP contribution in [-0.2, 0) is 0 Å². The van der Waals surface area contributed by atoms with Gasteiger partial charge in [0.25, 0.3) is 0 Å². The number of aliphatic hydroxyl groups is 1. The number of ether oxygens (including phenoxy) is 1. The van der Waals surface area contributed by atoms with Gasteiger partial charge in [-0.1, -0.05) is 34.8 Å². The Balaban J connectivity index is 2.13. The SMILES string of the molecule is COc1ccc(C)cc1C(O)CNc1cc(Cl)ccc1Cl. The first-order valence-corrected chi connectivity index (χ1v) is 7.28. The summed E-state index contributed by atoms with van der Waals surface area (Å²) in [7, 11) is 1.59. The fraction of sp³-hybridized carbons (Fsp3) is 0.250. The third kappa shape index (κ3) is 4.03. The Morgan fingerprint density at radius 2 is 1.95 bits per heavy atom. The van der Waals surface area contributed by atoms with Crippen LogP contribution in [0.25, 0.3) is 0 Å². The molecule has 0 bridgehead atoms. The third-order valence-electron chi connectivity index (χ3n) is 3.16. The van der Waals surface area contributed by atoms with Crippen molar-refractivity contribution in [3.8, 4) is 5.75 Å². The molecule has 0 saturated heterocycles. The van der Waals surface area contributed by atoms with Crippen LogP contribution in [0.3, 0.4) is 0 Å². The van der Waals surface area contributed by atoms with Crippen molar-refractivity contribution < 1.29 is 9.84 Å². The van der Waals surface area contributed by atoms with Gasteiger partial charge in [-0.3, -0.25) is 0 Å². The van der Waals surface area contributed by atoms with Gasteiger partial charge < -0.3 is 15.2 Å². The molecule has 21 heavy (non-hydrogen) atoms. The minimum atomic E-state index is -0.713. The molecule has 0 amide bonds. The van der Waals surface area contributed by atoms with Gasteiger partial charge in [-0.25, -0.2) is 0 Å². The molecule has 0 spiro atoms. The van der Waals surface area contributed by atoms with E-state index in [1.165, 1.54) is 0 Å². The zero-order valence-electron chi connectivity index (χ0n) is 11.9. The van der Waals surface area contributed by atoms with Gasteiger partial charge in [0.2, 0.25) is 0 Å². The van der Waals surface area contributed by atoms with Crippen LogP contribution >= 0.6 is 23.2 Å². The smallest absolute Gasteiger partial charge is 0.124 e. The van der Waals surface area contributed by atoms with E-state index in [0.29, 0.717) is 28.0 Å². The van der Waals surface area contributed by atoms with Crippen LogP contribution in [0.15, 0.2) is 36.4 Å². The zero-order chi connectivity index (χ0) is 15.4. The number of halogens is 2. The van der Waals surface area contributed by atoms with E-state index in [9.17, 15) is 5.11 Å². The monoisotopic (exact) mass is 325 g/mol. The number of benzene rings is 2. The van der Waals surface area contributed by atoms with Gasteiger partial charge in [0.05, 0.1) is 23.9 Å². The summed E-state index contributed by atoms with van der Waals surface area (Å²) in [4.78, 5) is 0. The second-order valence-electron chi connectivity index (χ2n) is 4.77. The Bertz CT molecular complexity index is 632.